The third-order valence-electron chi connectivity index (χ3n) is 4.55. The summed E-state index contributed by atoms with van der Waals surface area (Å²) in [6.45, 7) is 14.9. The minimum Gasteiger partial charge on any atom is -0.380 e. The largest absolute Gasteiger partial charge is 0.380 e. The van der Waals surface area contributed by atoms with Crippen LogP contribution in [0.3, 0.4) is 0 Å². The van der Waals surface area contributed by atoms with Crippen LogP contribution in [0.5, 0.6) is 0 Å². The second-order valence-corrected chi connectivity index (χ2v) is 5.95. The highest BCUT2D eigenvalue weighted by molar-refractivity contribution is 4.96. The van der Waals surface area contributed by atoms with Gasteiger partial charge in [-0.05, 0) is 45.2 Å². The van der Waals surface area contributed by atoms with Crippen LogP contribution in [0.2, 0.25) is 0 Å². The fourth-order valence-electron chi connectivity index (χ4n) is 3.45. The van der Waals surface area contributed by atoms with Crippen LogP contribution < -0.4 is 0 Å². The van der Waals surface area contributed by atoms with E-state index in [0.717, 1.165) is 39.5 Å². The van der Waals surface area contributed by atoms with Crippen molar-refractivity contribution in [2.75, 3.05) is 65.7 Å². The van der Waals surface area contributed by atoms with Crippen LogP contribution in [-0.2, 0) is 9.47 Å². The molecule has 0 aromatic rings. The van der Waals surface area contributed by atoms with E-state index in [1.54, 1.807) is 0 Å². The van der Waals surface area contributed by atoms with Gasteiger partial charge in [0.1, 0.15) is 0 Å². The molecule has 0 N–H and O–H groups in total. The molecule has 4 heteroatoms. The summed E-state index contributed by atoms with van der Waals surface area (Å²) in [5.74, 6) is 0. The van der Waals surface area contributed by atoms with E-state index in [9.17, 15) is 0 Å². The van der Waals surface area contributed by atoms with Gasteiger partial charge in [-0.15, -0.1) is 0 Å². The molecular formula is C15H30N2O2. The van der Waals surface area contributed by atoms with Gasteiger partial charge in [-0.2, -0.15) is 0 Å². The maximum absolute atomic E-state index is 5.46. The normalized spacial score (nSPS) is 23.7. The highest BCUT2D eigenvalue weighted by atomic mass is 16.5. The zero-order valence-electron chi connectivity index (χ0n) is 12.7. The van der Waals surface area contributed by atoms with Crippen molar-refractivity contribution in [1.82, 2.24) is 9.80 Å². The van der Waals surface area contributed by atoms with Gasteiger partial charge in [0.15, 0.2) is 0 Å². The van der Waals surface area contributed by atoms with E-state index in [1.807, 2.05) is 0 Å². The first-order valence-electron chi connectivity index (χ1n) is 7.88. The molecule has 2 heterocycles. The van der Waals surface area contributed by atoms with Crippen LogP contribution >= 0.6 is 0 Å². The zero-order chi connectivity index (χ0) is 13.6. The van der Waals surface area contributed by atoms with Crippen molar-refractivity contribution >= 4 is 0 Å². The summed E-state index contributed by atoms with van der Waals surface area (Å²) in [4.78, 5) is 5.17. The number of likely N-dealkylation sites (tertiary alicyclic amines) is 2. The van der Waals surface area contributed by atoms with E-state index < -0.39 is 0 Å². The number of hydrogen-bond donors (Lipinski definition) is 0. The first-order valence-corrected chi connectivity index (χ1v) is 7.88. The van der Waals surface area contributed by atoms with Gasteiger partial charge >= 0.3 is 0 Å². The van der Waals surface area contributed by atoms with Gasteiger partial charge in [-0.3, -0.25) is 0 Å². The molecule has 2 saturated heterocycles. The monoisotopic (exact) mass is 270 g/mol. The van der Waals surface area contributed by atoms with Crippen LogP contribution in [0.15, 0.2) is 0 Å². The highest BCUT2D eigenvalue weighted by Gasteiger charge is 2.42. The number of nitrogens with zero attached hydrogens (tertiary/aromatic N) is 2. The maximum atomic E-state index is 5.46. The fraction of sp³-hybridized carbons (Fsp3) is 1.00. The van der Waals surface area contributed by atoms with Gasteiger partial charge < -0.3 is 19.3 Å². The zero-order valence-corrected chi connectivity index (χ0v) is 12.7. The molecule has 112 valence electrons. The van der Waals surface area contributed by atoms with Crippen molar-refractivity contribution < 1.29 is 9.47 Å². The molecule has 0 radical (unpaired) electrons. The third-order valence-corrected chi connectivity index (χ3v) is 4.55. The SMILES string of the molecule is CCOCCN1CCC2(CCN(CCOCC)C2)C1. The van der Waals surface area contributed by atoms with Crippen LogP contribution in [-0.4, -0.2) is 75.5 Å². The van der Waals surface area contributed by atoms with Crippen molar-refractivity contribution in [3.8, 4) is 0 Å². The molecule has 1 spiro atoms. The second-order valence-electron chi connectivity index (χ2n) is 5.95. The van der Waals surface area contributed by atoms with Crippen molar-refractivity contribution in [3.05, 3.63) is 0 Å². The van der Waals surface area contributed by atoms with Crippen molar-refractivity contribution in [1.29, 1.82) is 0 Å². The molecule has 0 saturated carbocycles. The Labute approximate surface area is 118 Å². The predicted octanol–water partition coefficient (Wildman–Crippen LogP) is 1.46. The highest BCUT2D eigenvalue weighted by Crippen LogP contribution is 2.39. The molecule has 0 atom stereocenters. The summed E-state index contributed by atoms with van der Waals surface area (Å²) in [5.41, 5.74) is 0.568. The molecule has 0 aliphatic carbocycles. The molecule has 0 bridgehead atoms. The van der Waals surface area contributed by atoms with Gasteiger partial charge in [0.25, 0.3) is 0 Å². The lowest BCUT2D eigenvalue weighted by Gasteiger charge is -2.25. The smallest absolute Gasteiger partial charge is 0.0593 e. The predicted molar refractivity (Wildman–Crippen MR) is 77.5 cm³/mol. The minimum absolute atomic E-state index is 0.568. The van der Waals surface area contributed by atoms with Gasteiger partial charge in [0.2, 0.25) is 0 Å². The summed E-state index contributed by atoms with van der Waals surface area (Å²) in [6, 6.07) is 0. The van der Waals surface area contributed by atoms with Crippen molar-refractivity contribution in [3.63, 3.8) is 0 Å². The van der Waals surface area contributed by atoms with Gasteiger partial charge in [-0.25, -0.2) is 0 Å². The number of rotatable bonds is 8. The van der Waals surface area contributed by atoms with E-state index in [-0.39, 0.29) is 0 Å². The number of ether oxygens (including phenoxy) is 2. The van der Waals surface area contributed by atoms with Crippen LogP contribution in [0.4, 0.5) is 0 Å². The average molecular weight is 270 g/mol. The summed E-state index contributed by atoms with van der Waals surface area (Å²) >= 11 is 0. The summed E-state index contributed by atoms with van der Waals surface area (Å²) in [5, 5.41) is 0. The molecule has 2 rings (SSSR count). The van der Waals surface area contributed by atoms with Crippen LogP contribution in [0.1, 0.15) is 26.7 Å². The molecule has 0 amide bonds. The number of hydrogen-bond acceptors (Lipinski definition) is 4. The fourth-order valence-corrected chi connectivity index (χ4v) is 3.45. The average Bonchev–Trinajstić information content (AvgIpc) is 2.99. The molecule has 0 aromatic carbocycles. The molecule has 19 heavy (non-hydrogen) atoms. The lowest BCUT2D eigenvalue weighted by atomic mass is 9.86. The Kier molecular flexibility index (Phi) is 6.07. The van der Waals surface area contributed by atoms with E-state index in [2.05, 4.69) is 23.6 Å². The van der Waals surface area contributed by atoms with E-state index in [4.69, 9.17) is 9.47 Å². The summed E-state index contributed by atoms with van der Waals surface area (Å²) in [6.07, 6.45) is 2.73. The van der Waals surface area contributed by atoms with E-state index in [0.29, 0.717) is 5.41 Å². The van der Waals surface area contributed by atoms with Crippen molar-refractivity contribution in [2.45, 2.75) is 26.7 Å². The Morgan fingerprint density at radius 1 is 0.842 bits per heavy atom. The van der Waals surface area contributed by atoms with Gasteiger partial charge in [0.05, 0.1) is 13.2 Å². The van der Waals surface area contributed by atoms with Gasteiger partial charge in [0, 0.05) is 39.4 Å². The third kappa shape index (κ3) is 4.42. The Hall–Kier alpha value is -0.160. The minimum atomic E-state index is 0.568. The summed E-state index contributed by atoms with van der Waals surface area (Å²) in [7, 11) is 0. The van der Waals surface area contributed by atoms with E-state index in [1.165, 1.54) is 39.0 Å². The quantitative estimate of drug-likeness (QED) is 0.623. The Balaban J connectivity index is 1.67. The van der Waals surface area contributed by atoms with Crippen molar-refractivity contribution in [2.24, 2.45) is 5.41 Å². The van der Waals surface area contributed by atoms with Gasteiger partial charge in [-0.1, -0.05) is 0 Å². The second kappa shape index (κ2) is 7.58. The lowest BCUT2D eigenvalue weighted by molar-refractivity contribution is 0.111. The Morgan fingerprint density at radius 2 is 1.32 bits per heavy atom. The maximum Gasteiger partial charge on any atom is 0.0593 e. The first kappa shape index (κ1) is 15.2. The standard InChI is InChI=1S/C15H30N2O2/c1-3-18-11-9-16-7-5-15(13-16)6-8-17(14-15)10-12-19-4-2/h3-14H2,1-2H3. The van der Waals surface area contributed by atoms with Crippen LogP contribution in [0, 0.1) is 5.41 Å². The van der Waals surface area contributed by atoms with E-state index >= 15 is 0 Å². The molecule has 4 nitrogen and oxygen atoms in total. The molecule has 2 aliphatic rings. The topological polar surface area (TPSA) is 24.9 Å². The molecule has 0 aromatic heterocycles. The summed E-state index contributed by atoms with van der Waals surface area (Å²) < 4.78 is 10.9. The molecule has 2 fully saturated rings. The van der Waals surface area contributed by atoms with Crippen LogP contribution in [0.25, 0.3) is 0 Å². The lowest BCUT2D eigenvalue weighted by Crippen LogP contribution is -2.33. The molecule has 0 unspecified atom stereocenters. The Morgan fingerprint density at radius 3 is 1.74 bits per heavy atom. The molecule has 2 aliphatic heterocycles. The molecular weight excluding hydrogens is 240 g/mol. The first-order chi connectivity index (χ1) is 9.28. The Bertz CT molecular complexity index is 235.